The van der Waals surface area contributed by atoms with Crippen LogP contribution in [0.2, 0.25) is 0 Å². The molecule has 0 saturated carbocycles. The summed E-state index contributed by atoms with van der Waals surface area (Å²) in [5, 5.41) is 24.0. The molecule has 0 heterocycles. The van der Waals surface area contributed by atoms with E-state index in [1.807, 2.05) is 74.5 Å². The third-order valence-corrected chi connectivity index (χ3v) is 6.43. The van der Waals surface area contributed by atoms with Crippen molar-refractivity contribution in [2.75, 3.05) is 13.2 Å². The highest BCUT2D eigenvalue weighted by atomic mass is 16.6. The van der Waals surface area contributed by atoms with Crippen molar-refractivity contribution in [3.8, 4) is 0 Å². The number of rotatable bonds is 14. The number of carbonyl (C=O) groups excluding carboxylic acids is 3. The Hall–Kier alpha value is -3.47. The van der Waals surface area contributed by atoms with E-state index in [4.69, 9.17) is 15.2 Å². The molecule has 10 heteroatoms. The lowest BCUT2D eigenvalue weighted by Crippen LogP contribution is -2.61. The third kappa shape index (κ3) is 11.8. The Morgan fingerprint density at radius 2 is 1.50 bits per heavy atom. The van der Waals surface area contributed by atoms with Crippen LogP contribution >= 0.6 is 0 Å². The second-order valence-electron chi connectivity index (χ2n) is 11.8. The minimum atomic E-state index is -1.45. The first-order chi connectivity index (χ1) is 19.8. The zero-order chi connectivity index (χ0) is 31.3. The van der Waals surface area contributed by atoms with E-state index in [2.05, 4.69) is 5.32 Å². The second kappa shape index (κ2) is 16.8. The van der Waals surface area contributed by atoms with E-state index in [0.29, 0.717) is 6.42 Å². The van der Waals surface area contributed by atoms with Crippen LogP contribution in [0.15, 0.2) is 60.7 Å². The topological polar surface area (TPSA) is 151 Å². The summed E-state index contributed by atoms with van der Waals surface area (Å²) in [5.41, 5.74) is 7.05. The van der Waals surface area contributed by atoms with E-state index >= 15 is 0 Å². The molecule has 232 valence electrons. The summed E-state index contributed by atoms with van der Waals surface area (Å²) < 4.78 is 10.8. The Morgan fingerprint density at radius 1 is 0.952 bits per heavy atom. The molecule has 0 aliphatic rings. The first-order valence-corrected chi connectivity index (χ1v) is 14.4. The summed E-state index contributed by atoms with van der Waals surface area (Å²) in [6.07, 6.45) is -2.45. The molecule has 0 aliphatic heterocycles. The lowest BCUT2D eigenvalue weighted by Gasteiger charge is -2.38. The van der Waals surface area contributed by atoms with E-state index in [1.165, 1.54) is 0 Å². The van der Waals surface area contributed by atoms with Gasteiger partial charge in [0.15, 0.2) is 0 Å². The maximum Gasteiger partial charge on any atom is 0.416 e. The molecule has 0 aliphatic carbocycles. The molecule has 0 radical (unpaired) electrons. The van der Waals surface area contributed by atoms with Gasteiger partial charge in [0.1, 0.15) is 5.60 Å². The summed E-state index contributed by atoms with van der Waals surface area (Å²) in [4.78, 5) is 41.1. The Labute approximate surface area is 249 Å². The molecule has 0 bridgehead atoms. The number of nitrogens with two attached hydrogens (primary N) is 1. The van der Waals surface area contributed by atoms with Gasteiger partial charge in [-0.2, -0.15) is 0 Å². The van der Waals surface area contributed by atoms with Crippen molar-refractivity contribution in [3.63, 3.8) is 0 Å². The molecule has 0 spiro atoms. The summed E-state index contributed by atoms with van der Waals surface area (Å²) >= 11 is 0. The zero-order valence-electron chi connectivity index (χ0n) is 25.4. The molecule has 2 rings (SSSR count). The number of alkyl carbamates (subject to hydrolysis) is 1. The van der Waals surface area contributed by atoms with Crippen LogP contribution in [0.25, 0.3) is 0 Å². The lowest BCUT2D eigenvalue weighted by molar-refractivity contribution is -0.136. The molecule has 0 aromatic heterocycles. The number of amides is 3. The highest BCUT2D eigenvalue weighted by molar-refractivity contribution is 5.95. The first kappa shape index (κ1) is 34.7. The van der Waals surface area contributed by atoms with E-state index in [1.54, 1.807) is 20.8 Å². The minimum absolute atomic E-state index is 0.0633. The van der Waals surface area contributed by atoms with Gasteiger partial charge < -0.3 is 30.7 Å². The Kier molecular flexibility index (Phi) is 13.9. The fourth-order valence-electron chi connectivity index (χ4n) is 4.54. The van der Waals surface area contributed by atoms with E-state index in [0.717, 1.165) is 16.0 Å². The predicted octanol–water partition coefficient (Wildman–Crippen LogP) is 3.82. The number of nitrogens with one attached hydrogen (secondary N) is 1. The Balaban J connectivity index is 2.59. The molecular formula is C32H47N3O7. The van der Waals surface area contributed by atoms with Crippen LogP contribution in [-0.2, 0) is 27.1 Å². The fourth-order valence-corrected chi connectivity index (χ4v) is 4.54. The van der Waals surface area contributed by atoms with Crippen molar-refractivity contribution < 1.29 is 34.1 Å². The average Bonchev–Trinajstić information content (AvgIpc) is 2.91. The molecule has 5 N–H and O–H groups in total. The predicted molar refractivity (Wildman–Crippen MR) is 161 cm³/mol. The first-order valence-electron chi connectivity index (χ1n) is 14.4. The molecule has 10 nitrogen and oxygen atoms in total. The maximum absolute atomic E-state index is 13.8. The van der Waals surface area contributed by atoms with Gasteiger partial charge in [0.05, 0.1) is 30.8 Å². The van der Waals surface area contributed by atoms with Crippen molar-refractivity contribution in [2.45, 2.75) is 90.1 Å². The average molecular weight is 586 g/mol. The molecule has 3 amide bonds. The van der Waals surface area contributed by atoms with E-state index < -0.39 is 47.9 Å². The number of imide groups is 1. The number of hydrogen-bond acceptors (Lipinski definition) is 8. The fraction of sp³-hybridized carbons (Fsp3) is 0.531. The van der Waals surface area contributed by atoms with Crippen LogP contribution in [0.1, 0.15) is 58.6 Å². The Bertz CT molecular complexity index is 1110. The third-order valence-electron chi connectivity index (χ3n) is 6.43. The number of carbonyl (C=O) groups is 3. The molecule has 0 fully saturated rings. The molecule has 2 aromatic rings. The van der Waals surface area contributed by atoms with Gasteiger partial charge in [0, 0.05) is 13.0 Å². The van der Waals surface area contributed by atoms with Crippen LogP contribution in [-0.4, -0.2) is 76.3 Å². The number of aliphatic hydroxyl groups is 2. The number of hydrogen-bond donors (Lipinski definition) is 4. The minimum Gasteiger partial charge on any atom is -0.449 e. The van der Waals surface area contributed by atoms with Crippen molar-refractivity contribution >= 4 is 18.1 Å². The van der Waals surface area contributed by atoms with Gasteiger partial charge in [0.2, 0.25) is 5.91 Å². The van der Waals surface area contributed by atoms with Gasteiger partial charge in [0.25, 0.3) is 0 Å². The summed E-state index contributed by atoms with van der Waals surface area (Å²) in [7, 11) is 0. The smallest absolute Gasteiger partial charge is 0.416 e. The van der Waals surface area contributed by atoms with Crippen molar-refractivity contribution in [1.29, 1.82) is 0 Å². The van der Waals surface area contributed by atoms with Crippen molar-refractivity contribution in [2.24, 2.45) is 11.7 Å². The molecule has 2 aromatic carbocycles. The summed E-state index contributed by atoms with van der Waals surface area (Å²) in [6, 6.07) is 15.2. The van der Waals surface area contributed by atoms with E-state index in [-0.39, 0.29) is 38.4 Å². The van der Waals surface area contributed by atoms with Crippen molar-refractivity contribution in [1.82, 2.24) is 10.2 Å². The number of aliphatic hydroxyl groups excluding tert-OH is 2. The second-order valence-corrected chi connectivity index (χ2v) is 11.8. The highest BCUT2D eigenvalue weighted by Crippen LogP contribution is 2.22. The standard InChI is InChI=1S/C32H47N3O7/c1-22(2)19-25(33)29(38)35(31(40)41-18-12-17-36)27(21-24-15-10-7-11-16-24)28(37)26(20-23-13-8-6-9-14-23)34-30(39)42-32(3,4)5/h6-11,13-16,22,25-28,36-37H,12,17-21,33H2,1-5H3,(H,34,39)/t25-,26?,27?,28?/m0/s1. The highest BCUT2D eigenvalue weighted by Gasteiger charge is 2.41. The molecule has 3 unspecified atom stereocenters. The quantitative estimate of drug-likeness (QED) is 0.244. The van der Waals surface area contributed by atoms with Gasteiger partial charge in [-0.1, -0.05) is 74.5 Å². The molecule has 4 atom stereocenters. The largest absolute Gasteiger partial charge is 0.449 e. The molecule has 0 saturated heterocycles. The van der Waals surface area contributed by atoms with Gasteiger partial charge in [-0.05, 0) is 57.1 Å². The van der Waals surface area contributed by atoms with Crippen LogP contribution in [0.5, 0.6) is 0 Å². The van der Waals surface area contributed by atoms with Crippen LogP contribution in [0.3, 0.4) is 0 Å². The van der Waals surface area contributed by atoms with Gasteiger partial charge >= 0.3 is 12.2 Å². The van der Waals surface area contributed by atoms with Gasteiger partial charge in [-0.25, -0.2) is 14.5 Å². The monoisotopic (exact) mass is 585 g/mol. The molecular weight excluding hydrogens is 538 g/mol. The zero-order valence-corrected chi connectivity index (χ0v) is 25.4. The van der Waals surface area contributed by atoms with E-state index in [9.17, 15) is 24.6 Å². The number of benzene rings is 2. The molecule has 42 heavy (non-hydrogen) atoms. The summed E-state index contributed by atoms with van der Waals surface area (Å²) in [6.45, 7) is 8.67. The SMILES string of the molecule is CC(C)C[C@H](N)C(=O)N(C(=O)OCCCO)C(Cc1ccccc1)C(O)C(Cc1ccccc1)NC(=O)OC(C)(C)C. The Morgan fingerprint density at radius 3 is 2.00 bits per heavy atom. The van der Waals surface area contributed by atoms with Gasteiger partial charge in [-0.3, -0.25) is 4.79 Å². The normalized spacial score (nSPS) is 14.4. The van der Waals surface area contributed by atoms with Crippen LogP contribution < -0.4 is 11.1 Å². The lowest BCUT2D eigenvalue weighted by atomic mass is 9.90. The van der Waals surface area contributed by atoms with Crippen molar-refractivity contribution in [3.05, 3.63) is 71.8 Å². The number of nitrogens with zero attached hydrogens (tertiary/aromatic N) is 1. The van der Waals surface area contributed by atoms with Crippen LogP contribution in [0, 0.1) is 5.92 Å². The number of ether oxygens (including phenoxy) is 2. The van der Waals surface area contributed by atoms with Crippen LogP contribution in [0.4, 0.5) is 9.59 Å². The van der Waals surface area contributed by atoms with Gasteiger partial charge in [-0.15, -0.1) is 0 Å². The maximum atomic E-state index is 13.8. The summed E-state index contributed by atoms with van der Waals surface area (Å²) in [5.74, 6) is -0.637.